The van der Waals surface area contributed by atoms with Gasteiger partial charge in [-0.2, -0.15) is 13.2 Å². The summed E-state index contributed by atoms with van der Waals surface area (Å²) >= 11 is 5.50. The molecule has 100 valence electrons. The number of hydrogen-bond donors (Lipinski definition) is 3. The van der Waals surface area contributed by atoms with Gasteiger partial charge in [0.25, 0.3) is 0 Å². The van der Waals surface area contributed by atoms with E-state index in [0.29, 0.717) is 0 Å². The molecule has 0 radical (unpaired) electrons. The van der Waals surface area contributed by atoms with Gasteiger partial charge in [-0.05, 0) is 12.1 Å². The number of alkyl halides is 3. The minimum absolute atomic E-state index is 0.164. The quantitative estimate of drug-likeness (QED) is 0.734. The molecule has 0 aliphatic rings. The number of aromatic carboxylic acids is 1. The highest BCUT2D eigenvalue weighted by atomic mass is 35.5. The lowest BCUT2D eigenvalue weighted by Gasteiger charge is -2.15. The number of nitrogens with zero attached hydrogens (tertiary/aromatic N) is 1. The van der Waals surface area contributed by atoms with Crippen LogP contribution in [0.25, 0.3) is 0 Å². The molecule has 0 aromatic carbocycles. The van der Waals surface area contributed by atoms with Gasteiger partial charge in [0.15, 0.2) is 6.10 Å². The van der Waals surface area contributed by atoms with Crippen LogP contribution in [0.15, 0.2) is 12.1 Å². The molecule has 0 amide bonds. The summed E-state index contributed by atoms with van der Waals surface area (Å²) in [6.07, 6.45) is -7.34. The van der Waals surface area contributed by atoms with Gasteiger partial charge in [0.1, 0.15) is 11.0 Å². The van der Waals surface area contributed by atoms with Crippen LogP contribution in [0.1, 0.15) is 10.4 Å². The van der Waals surface area contributed by atoms with Crippen LogP contribution in [-0.2, 0) is 0 Å². The van der Waals surface area contributed by atoms with E-state index in [4.69, 9.17) is 21.8 Å². The largest absolute Gasteiger partial charge is 0.478 e. The molecule has 0 bridgehead atoms. The number of hydrogen-bond acceptors (Lipinski definition) is 4. The minimum atomic E-state index is -4.76. The second-order valence-electron chi connectivity index (χ2n) is 3.31. The van der Waals surface area contributed by atoms with E-state index in [1.54, 1.807) is 0 Å². The fraction of sp³-hybridized carbons (Fsp3) is 0.333. The van der Waals surface area contributed by atoms with Gasteiger partial charge < -0.3 is 15.5 Å². The maximum atomic E-state index is 12.0. The van der Waals surface area contributed by atoms with Gasteiger partial charge in [0.2, 0.25) is 0 Å². The van der Waals surface area contributed by atoms with Crippen LogP contribution in [0.2, 0.25) is 5.15 Å². The SMILES string of the molecule is O=C(O)c1cc(Cl)nc(NCC(O)C(F)(F)F)c1. The molecule has 5 nitrogen and oxygen atoms in total. The number of carboxylic acid groups (broad SMARTS) is 1. The van der Waals surface area contributed by atoms with E-state index >= 15 is 0 Å². The summed E-state index contributed by atoms with van der Waals surface area (Å²) in [5, 5.41) is 19.4. The highest BCUT2D eigenvalue weighted by Gasteiger charge is 2.37. The Kier molecular flexibility index (Phi) is 4.36. The van der Waals surface area contributed by atoms with Crippen molar-refractivity contribution in [2.24, 2.45) is 0 Å². The van der Waals surface area contributed by atoms with E-state index in [-0.39, 0.29) is 16.5 Å². The zero-order chi connectivity index (χ0) is 13.9. The number of rotatable bonds is 4. The standard InChI is InChI=1S/C9H8ClF3N2O3/c10-6-1-4(8(17)18)2-7(15-6)14-3-5(16)9(11,12)13/h1-2,5,16H,3H2,(H,14,15)(H,17,18). The molecule has 0 fully saturated rings. The van der Waals surface area contributed by atoms with Crippen molar-refractivity contribution in [1.82, 2.24) is 4.98 Å². The highest BCUT2D eigenvalue weighted by Crippen LogP contribution is 2.21. The van der Waals surface area contributed by atoms with Crippen molar-refractivity contribution in [3.63, 3.8) is 0 Å². The van der Waals surface area contributed by atoms with Crippen molar-refractivity contribution in [1.29, 1.82) is 0 Å². The van der Waals surface area contributed by atoms with Gasteiger partial charge in [-0.15, -0.1) is 0 Å². The van der Waals surface area contributed by atoms with E-state index in [1.807, 2.05) is 0 Å². The summed E-state index contributed by atoms with van der Waals surface area (Å²) in [6, 6.07) is 2.06. The van der Waals surface area contributed by atoms with E-state index < -0.39 is 24.8 Å². The molecule has 18 heavy (non-hydrogen) atoms. The van der Waals surface area contributed by atoms with Crippen LogP contribution >= 0.6 is 11.6 Å². The molecule has 1 heterocycles. The molecule has 1 rings (SSSR count). The topological polar surface area (TPSA) is 82.5 Å². The first-order valence-corrected chi connectivity index (χ1v) is 4.97. The zero-order valence-electron chi connectivity index (χ0n) is 8.70. The summed E-state index contributed by atoms with van der Waals surface area (Å²) in [7, 11) is 0. The lowest BCUT2D eigenvalue weighted by Crippen LogP contribution is -2.35. The maximum absolute atomic E-state index is 12.0. The van der Waals surface area contributed by atoms with Crippen molar-refractivity contribution < 1.29 is 28.2 Å². The number of aliphatic hydroxyl groups excluding tert-OH is 1. The molecule has 0 saturated heterocycles. The zero-order valence-corrected chi connectivity index (χ0v) is 9.46. The minimum Gasteiger partial charge on any atom is -0.478 e. The molecule has 1 aromatic heterocycles. The molecule has 1 unspecified atom stereocenters. The third-order valence-electron chi connectivity index (χ3n) is 1.90. The predicted octanol–water partition coefficient (Wildman–Crippen LogP) is 1.77. The van der Waals surface area contributed by atoms with Gasteiger partial charge in [-0.1, -0.05) is 11.6 Å². The molecule has 0 saturated carbocycles. The second-order valence-corrected chi connectivity index (χ2v) is 3.69. The summed E-state index contributed by atoms with van der Waals surface area (Å²) in [5.41, 5.74) is -0.223. The molecule has 9 heteroatoms. The smallest absolute Gasteiger partial charge is 0.416 e. The van der Waals surface area contributed by atoms with Gasteiger partial charge in [-0.3, -0.25) is 0 Å². The van der Waals surface area contributed by atoms with Gasteiger partial charge in [-0.25, -0.2) is 9.78 Å². The molecule has 3 N–H and O–H groups in total. The van der Waals surface area contributed by atoms with Crippen molar-refractivity contribution >= 4 is 23.4 Å². The first-order valence-electron chi connectivity index (χ1n) is 4.59. The van der Waals surface area contributed by atoms with Crippen LogP contribution in [-0.4, -0.2) is 40.0 Å². The Morgan fingerprint density at radius 1 is 1.50 bits per heavy atom. The fourth-order valence-corrected chi connectivity index (χ4v) is 1.24. The second kappa shape index (κ2) is 5.40. The van der Waals surface area contributed by atoms with Crippen molar-refractivity contribution in [3.05, 3.63) is 22.8 Å². The summed E-state index contributed by atoms with van der Waals surface area (Å²) < 4.78 is 36.0. The van der Waals surface area contributed by atoms with Gasteiger partial charge >= 0.3 is 12.1 Å². The lowest BCUT2D eigenvalue weighted by atomic mass is 10.2. The molecule has 1 atom stereocenters. The molecule has 0 aliphatic heterocycles. The van der Waals surface area contributed by atoms with Gasteiger partial charge in [0.05, 0.1) is 12.1 Å². The molecule has 0 spiro atoms. The highest BCUT2D eigenvalue weighted by molar-refractivity contribution is 6.29. The molecular weight excluding hydrogens is 277 g/mol. The predicted molar refractivity (Wildman–Crippen MR) is 56.8 cm³/mol. The number of halogens is 4. The van der Waals surface area contributed by atoms with E-state index in [1.165, 1.54) is 0 Å². The Bertz CT molecular complexity index is 453. The first kappa shape index (κ1) is 14.5. The van der Waals surface area contributed by atoms with E-state index in [0.717, 1.165) is 12.1 Å². The summed E-state index contributed by atoms with van der Waals surface area (Å²) in [5.74, 6) is -1.46. The van der Waals surface area contributed by atoms with Crippen LogP contribution in [0.5, 0.6) is 0 Å². The number of anilines is 1. The van der Waals surface area contributed by atoms with E-state index in [9.17, 15) is 18.0 Å². The molecule has 1 aromatic rings. The van der Waals surface area contributed by atoms with Crippen LogP contribution in [0.4, 0.5) is 19.0 Å². The van der Waals surface area contributed by atoms with Crippen LogP contribution < -0.4 is 5.32 Å². The lowest BCUT2D eigenvalue weighted by molar-refractivity contribution is -0.198. The van der Waals surface area contributed by atoms with Crippen molar-refractivity contribution in [2.45, 2.75) is 12.3 Å². The number of pyridine rings is 1. The average molecular weight is 285 g/mol. The maximum Gasteiger partial charge on any atom is 0.416 e. The Labute approximate surface area is 104 Å². The van der Waals surface area contributed by atoms with Crippen molar-refractivity contribution in [2.75, 3.05) is 11.9 Å². The van der Waals surface area contributed by atoms with Crippen molar-refractivity contribution in [3.8, 4) is 0 Å². The molecular formula is C9H8ClF3N2O3. The van der Waals surface area contributed by atoms with Gasteiger partial charge in [0, 0.05) is 0 Å². The Morgan fingerprint density at radius 2 is 2.11 bits per heavy atom. The normalized spacial score (nSPS) is 13.2. The Hall–Kier alpha value is -1.54. The third-order valence-corrected chi connectivity index (χ3v) is 2.09. The number of carboxylic acids is 1. The number of nitrogens with one attached hydrogen (secondary N) is 1. The summed E-state index contributed by atoms with van der Waals surface area (Å²) in [6.45, 7) is -0.851. The summed E-state index contributed by atoms with van der Waals surface area (Å²) in [4.78, 5) is 14.2. The Balaban J connectivity index is 2.77. The molecule has 0 aliphatic carbocycles. The van der Waals surface area contributed by atoms with Crippen LogP contribution in [0.3, 0.4) is 0 Å². The third kappa shape index (κ3) is 4.04. The number of aromatic nitrogens is 1. The monoisotopic (exact) mass is 284 g/mol. The number of carbonyl (C=O) groups is 1. The Morgan fingerprint density at radius 3 is 2.61 bits per heavy atom. The first-order chi connectivity index (χ1) is 8.20. The average Bonchev–Trinajstić information content (AvgIpc) is 2.23. The fourth-order valence-electron chi connectivity index (χ4n) is 1.03. The van der Waals surface area contributed by atoms with Crippen LogP contribution in [0, 0.1) is 0 Å². The van der Waals surface area contributed by atoms with E-state index in [2.05, 4.69) is 10.3 Å². The number of aliphatic hydroxyl groups is 1.